The zero-order valence-corrected chi connectivity index (χ0v) is 10.4. The number of hydrogen-bond donors (Lipinski definition) is 1. The summed E-state index contributed by atoms with van der Waals surface area (Å²) in [4.78, 5) is 8.66. The molecule has 1 aliphatic rings. The van der Waals surface area contributed by atoms with Gasteiger partial charge in [-0.15, -0.1) is 0 Å². The SMILES string of the molecule is CN1CCN(C)C(CNc2ccc(F)cn2)C1. The first-order chi connectivity index (χ1) is 8.15. The molecular formula is C12H19FN4. The molecule has 1 aromatic rings. The van der Waals surface area contributed by atoms with Gasteiger partial charge in [0.25, 0.3) is 0 Å². The van der Waals surface area contributed by atoms with Gasteiger partial charge in [0.15, 0.2) is 0 Å². The summed E-state index contributed by atoms with van der Waals surface area (Å²) in [6.07, 6.45) is 1.24. The maximum atomic E-state index is 12.7. The molecule has 0 aromatic carbocycles. The molecule has 94 valence electrons. The summed E-state index contributed by atoms with van der Waals surface area (Å²) in [5, 5.41) is 3.25. The Hall–Kier alpha value is -1.20. The molecule has 1 aliphatic heterocycles. The third kappa shape index (κ3) is 3.38. The van der Waals surface area contributed by atoms with E-state index in [1.54, 1.807) is 6.07 Å². The van der Waals surface area contributed by atoms with E-state index in [9.17, 15) is 4.39 Å². The van der Waals surface area contributed by atoms with Crippen molar-refractivity contribution in [1.29, 1.82) is 0 Å². The summed E-state index contributed by atoms with van der Waals surface area (Å²) in [6, 6.07) is 3.56. The van der Waals surface area contributed by atoms with Gasteiger partial charge in [0.1, 0.15) is 11.6 Å². The van der Waals surface area contributed by atoms with Crippen molar-refractivity contribution in [3.63, 3.8) is 0 Å². The van der Waals surface area contributed by atoms with Crippen molar-refractivity contribution < 1.29 is 4.39 Å². The second-order valence-corrected chi connectivity index (χ2v) is 4.64. The minimum absolute atomic E-state index is 0.301. The molecule has 2 rings (SSSR count). The predicted octanol–water partition coefficient (Wildman–Crippen LogP) is 0.878. The van der Waals surface area contributed by atoms with Crippen LogP contribution in [0.1, 0.15) is 0 Å². The molecule has 2 heterocycles. The van der Waals surface area contributed by atoms with Crippen molar-refractivity contribution in [3.05, 3.63) is 24.1 Å². The Morgan fingerprint density at radius 1 is 1.41 bits per heavy atom. The van der Waals surface area contributed by atoms with Crippen molar-refractivity contribution in [2.45, 2.75) is 6.04 Å². The van der Waals surface area contributed by atoms with Gasteiger partial charge in [-0.3, -0.25) is 4.90 Å². The summed E-state index contributed by atoms with van der Waals surface area (Å²) in [5.74, 6) is 0.429. The third-order valence-electron chi connectivity index (χ3n) is 3.23. The number of aromatic nitrogens is 1. The Bertz CT molecular complexity index is 354. The molecule has 1 aromatic heterocycles. The number of hydrogen-bond acceptors (Lipinski definition) is 4. The molecule has 1 atom stereocenters. The summed E-state index contributed by atoms with van der Waals surface area (Å²) >= 11 is 0. The molecule has 1 saturated heterocycles. The maximum absolute atomic E-state index is 12.7. The lowest BCUT2D eigenvalue weighted by atomic mass is 10.2. The fourth-order valence-corrected chi connectivity index (χ4v) is 2.02. The largest absolute Gasteiger partial charge is 0.368 e. The number of halogens is 1. The summed E-state index contributed by atoms with van der Waals surface area (Å²) < 4.78 is 12.7. The first kappa shape index (κ1) is 12.3. The fourth-order valence-electron chi connectivity index (χ4n) is 2.02. The number of pyridine rings is 1. The Morgan fingerprint density at radius 2 is 2.24 bits per heavy atom. The van der Waals surface area contributed by atoms with E-state index in [0.717, 1.165) is 32.0 Å². The van der Waals surface area contributed by atoms with E-state index in [4.69, 9.17) is 0 Å². The van der Waals surface area contributed by atoms with Crippen LogP contribution in [0.3, 0.4) is 0 Å². The van der Waals surface area contributed by atoms with E-state index in [2.05, 4.69) is 34.2 Å². The molecule has 0 radical (unpaired) electrons. The fraction of sp³-hybridized carbons (Fsp3) is 0.583. The van der Waals surface area contributed by atoms with Gasteiger partial charge in [-0.2, -0.15) is 0 Å². The molecule has 0 bridgehead atoms. The number of likely N-dealkylation sites (N-methyl/N-ethyl adjacent to an activating group) is 2. The van der Waals surface area contributed by atoms with Gasteiger partial charge < -0.3 is 10.2 Å². The zero-order chi connectivity index (χ0) is 12.3. The number of nitrogens with one attached hydrogen (secondary N) is 1. The average Bonchev–Trinajstić information content (AvgIpc) is 2.32. The predicted molar refractivity (Wildman–Crippen MR) is 66.6 cm³/mol. The van der Waals surface area contributed by atoms with E-state index < -0.39 is 0 Å². The highest BCUT2D eigenvalue weighted by atomic mass is 19.1. The van der Waals surface area contributed by atoms with Crippen molar-refractivity contribution in [2.75, 3.05) is 45.6 Å². The summed E-state index contributed by atoms with van der Waals surface area (Å²) in [5.41, 5.74) is 0. The molecule has 0 amide bonds. The average molecular weight is 238 g/mol. The second-order valence-electron chi connectivity index (χ2n) is 4.64. The van der Waals surface area contributed by atoms with Gasteiger partial charge >= 0.3 is 0 Å². The normalized spacial score (nSPS) is 22.6. The van der Waals surface area contributed by atoms with Gasteiger partial charge in [0.05, 0.1) is 6.20 Å². The van der Waals surface area contributed by atoms with Gasteiger partial charge in [0, 0.05) is 32.2 Å². The number of piperazine rings is 1. The third-order valence-corrected chi connectivity index (χ3v) is 3.23. The lowest BCUT2D eigenvalue weighted by molar-refractivity contribution is 0.122. The quantitative estimate of drug-likeness (QED) is 0.847. The Labute approximate surface area is 101 Å². The number of nitrogens with zero attached hydrogens (tertiary/aromatic N) is 3. The van der Waals surface area contributed by atoms with Crippen LogP contribution in [0.2, 0.25) is 0 Å². The second kappa shape index (κ2) is 5.42. The van der Waals surface area contributed by atoms with Gasteiger partial charge in [-0.25, -0.2) is 9.37 Å². The lowest BCUT2D eigenvalue weighted by Crippen LogP contribution is -2.52. The smallest absolute Gasteiger partial charge is 0.141 e. The van der Waals surface area contributed by atoms with Crippen LogP contribution in [0.15, 0.2) is 18.3 Å². The van der Waals surface area contributed by atoms with Crippen LogP contribution in [-0.4, -0.2) is 61.1 Å². The summed E-state index contributed by atoms with van der Waals surface area (Å²) in [7, 11) is 4.27. The highest BCUT2D eigenvalue weighted by Crippen LogP contribution is 2.08. The molecule has 0 spiro atoms. The van der Waals surface area contributed by atoms with E-state index in [-0.39, 0.29) is 5.82 Å². The van der Waals surface area contributed by atoms with Crippen molar-refractivity contribution in [1.82, 2.24) is 14.8 Å². The van der Waals surface area contributed by atoms with Crippen LogP contribution >= 0.6 is 0 Å². The van der Waals surface area contributed by atoms with Crippen LogP contribution < -0.4 is 5.32 Å². The molecule has 1 unspecified atom stereocenters. The van der Waals surface area contributed by atoms with E-state index in [0.29, 0.717) is 6.04 Å². The van der Waals surface area contributed by atoms with Crippen molar-refractivity contribution in [3.8, 4) is 0 Å². The minimum Gasteiger partial charge on any atom is -0.368 e. The molecule has 17 heavy (non-hydrogen) atoms. The number of rotatable bonds is 3. The monoisotopic (exact) mass is 238 g/mol. The first-order valence-electron chi connectivity index (χ1n) is 5.89. The van der Waals surface area contributed by atoms with Crippen LogP contribution in [0, 0.1) is 5.82 Å². The highest BCUT2D eigenvalue weighted by Gasteiger charge is 2.21. The van der Waals surface area contributed by atoms with Crippen LogP contribution in [0.4, 0.5) is 10.2 Å². The topological polar surface area (TPSA) is 31.4 Å². The molecule has 1 N–H and O–H groups in total. The lowest BCUT2D eigenvalue weighted by Gasteiger charge is -2.37. The van der Waals surface area contributed by atoms with E-state index in [1.807, 2.05) is 0 Å². The Morgan fingerprint density at radius 3 is 2.94 bits per heavy atom. The molecule has 5 heteroatoms. The summed E-state index contributed by atoms with van der Waals surface area (Å²) in [6.45, 7) is 4.08. The Kier molecular flexibility index (Phi) is 3.91. The van der Waals surface area contributed by atoms with Crippen LogP contribution in [-0.2, 0) is 0 Å². The molecule has 4 nitrogen and oxygen atoms in total. The van der Waals surface area contributed by atoms with Crippen molar-refractivity contribution >= 4 is 5.82 Å². The first-order valence-corrected chi connectivity index (χ1v) is 5.89. The van der Waals surface area contributed by atoms with Gasteiger partial charge in [0.2, 0.25) is 0 Å². The van der Waals surface area contributed by atoms with Gasteiger partial charge in [-0.1, -0.05) is 0 Å². The maximum Gasteiger partial charge on any atom is 0.141 e. The Balaban J connectivity index is 1.86. The van der Waals surface area contributed by atoms with Crippen LogP contribution in [0.25, 0.3) is 0 Å². The molecule has 1 fully saturated rings. The molecule has 0 aliphatic carbocycles. The van der Waals surface area contributed by atoms with E-state index >= 15 is 0 Å². The van der Waals surface area contributed by atoms with Crippen molar-refractivity contribution in [2.24, 2.45) is 0 Å². The molecular weight excluding hydrogens is 219 g/mol. The van der Waals surface area contributed by atoms with Gasteiger partial charge in [-0.05, 0) is 26.2 Å². The van der Waals surface area contributed by atoms with E-state index in [1.165, 1.54) is 12.3 Å². The van der Waals surface area contributed by atoms with Crippen LogP contribution in [0.5, 0.6) is 0 Å². The number of anilines is 1. The molecule has 0 saturated carbocycles. The highest BCUT2D eigenvalue weighted by molar-refractivity contribution is 5.33. The standard InChI is InChI=1S/C12H19FN4/c1-16-5-6-17(2)11(9-16)8-15-12-4-3-10(13)7-14-12/h3-4,7,11H,5-6,8-9H2,1-2H3,(H,14,15). The minimum atomic E-state index is -0.301. The zero-order valence-electron chi connectivity index (χ0n) is 10.4.